The summed E-state index contributed by atoms with van der Waals surface area (Å²) in [5, 5.41) is 0. The Hall–Kier alpha value is -0.640. The lowest BCUT2D eigenvalue weighted by atomic mass is 10.3. The molecule has 0 fully saturated rings. The Labute approximate surface area is 141 Å². The molecule has 0 amide bonds. The fourth-order valence-electron chi connectivity index (χ4n) is 1.38. The Morgan fingerprint density at radius 1 is 1.10 bits per heavy atom. The summed E-state index contributed by atoms with van der Waals surface area (Å²) in [5.74, 6) is 0.259. The first-order valence-electron chi connectivity index (χ1n) is 5.18. The molecule has 0 saturated carbocycles. The number of halogens is 3. The number of nitrogens with two attached hydrogens (primary N) is 1. The Balaban J connectivity index is 2.41. The average Bonchev–Trinajstić information content (AvgIpc) is 2.34. The summed E-state index contributed by atoms with van der Waals surface area (Å²) in [5.41, 5.74) is 5.85. The number of pyridine rings is 1. The Morgan fingerprint density at radius 2 is 1.70 bits per heavy atom. The van der Waals surface area contributed by atoms with Crippen molar-refractivity contribution >= 4 is 69.3 Å². The third kappa shape index (κ3) is 3.51. The highest BCUT2D eigenvalue weighted by molar-refractivity contribution is 9.11. The van der Waals surface area contributed by atoms with Crippen molar-refractivity contribution in [2.45, 2.75) is 4.90 Å². The van der Waals surface area contributed by atoms with Crippen LogP contribution >= 0.6 is 47.8 Å². The monoisotopic (exact) mass is 483 g/mol. The van der Waals surface area contributed by atoms with Crippen LogP contribution in [-0.2, 0) is 10.0 Å². The van der Waals surface area contributed by atoms with Gasteiger partial charge in [0.1, 0.15) is 10.7 Å². The molecule has 0 aliphatic carbocycles. The van der Waals surface area contributed by atoms with Crippen molar-refractivity contribution in [3.05, 3.63) is 43.9 Å². The molecule has 9 heteroatoms. The van der Waals surface area contributed by atoms with Crippen molar-refractivity contribution < 1.29 is 8.42 Å². The smallest absolute Gasteiger partial charge is 0.263 e. The van der Waals surface area contributed by atoms with Gasteiger partial charge in [-0.15, -0.1) is 0 Å². The summed E-state index contributed by atoms with van der Waals surface area (Å²) in [4.78, 5) is 3.81. The minimum absolute atomic E-state index is 0.0356. The minimum atomic E-state index is -3.73. The molecule has 0 saturated heterocycles. The SMILES string of the molecule is Nc1ccc(S(=O)(=O)Nc2c(Br)cc(Br)cc2Br)cn1. The Bertz CT molecular complexity index is 725. The van der Waals surface area contributed by atoms with Gasteiger partial charge in [-0.1, -0.05) is 15.9 Å². The zero-order valence-corrected chi connectivity index (χ0v) is 15.3. The molecule has 2 rings (SSSR count). The first kappa shape index (κ1) is 15.7. The van der Waals surface area contributed by atoms with Crippen molar-refractivity contribution in [3.8, 4) is 0 Å². The van der Waals surface area contributed by atoms with Gasteiger partial charge in [-0.25, -0.2) is 13.4 Å². The summed E-state index contributed by atoms with van der Waals surface area (Å²) in [7, 11) is -3.73. The summed E-state index contributed by atoms with van der Waals surface area (Å²) in [6.07, 6.45) is 1.21. The van der Waals surface area contributed by atoms with Crippen molar-refractivity contribution in [1.29, 1.82) is 0 Å². The van der Waals surface area contributed by atoms with Gasteiger partial charge in [0, 0.05) is 19.6 Å². The molecule has 2 aromatic rings. The molecule has 0 radical (unpaired) electrons. The first-order chi connectivity index (χ1) is 9.29. The topological polar surface area (TPSA) is 85.1 Å². The number of anilines is 2. The van der Waals surface area contributed by atoms with Crippen LogP contribution in [0.3, 0.4) is 0 Å². The summed E-state index contributed by atoms with van der Waals surface area (Å²) >= 11 is 9.94. The zero-order chi connectivity index (χ0) is 14.9. The molecule has 0 aliphatic heterocycles. The molecule has 0 unspecified atom stereocenters. The molecule has 1 aromatic heterocycles. The van der Waals surface area contributed by atoms with E-state index in [0.29, 0.717) is 14.6 Å². The van der Waals surface area contributed by atoms with Crippen LogP contribution in [-0.4, -0.2) is 13.4 Å². The van der Waals surface area contributed by atoms with E-state index in [-0.39, 0.29) is 10.7 Å². The van der Waals surface area contributed by atoms with E-state index in [1.807, 2.05) is 0 Å². The van der Waals surface area contributed by atoms with E-state index in [1.54, 1.807) is 12.1 Å². The standard InChI is InChI=1S/C11H8Br3N3O2S/c12-6-3-8(13)11(9(14)4-6)17-20(18,19)7-1-2-10(15)16-5-7/h1-5,17H,(H2,15,16). The van der Waals surface area contributed by atoms with Crippen LogP contribution in [0.2, 0.25) is 0 Å². The van der Waals surface area contributed by atoms with E-state index in [1.165, 1.54) is 18.3 Å². The molecule has 0 atom stereocenters. The maximum Gasteiger partial charge on any atom is 0.263 e. The molecule has 5 nitrogen and oxygen atoms in total. The molecule has 106 valence electrons. The lowest BCUT2D eigenvalue weighted by Gasteiger charge is -2.12. The van der Waals surface area contributed by atoms with Crippen LogP contribution in [0.5, 0.6) is 0 Å². The fourth-order valence-corrected chi connectivity index (χ4v) is 5.15. The van der Waals surface area contributed by atoms with Gasteiger partial charge in [-0.3, -0.25) is 4.72 Å². The van der Waals surface area contributed by atoms with Crippen LogP contribution in [0.1, 0.15) is 0 Å². The second-order valence-corrected chi connectivity index (χ2v) is 8.08. The maximum absolute atomic E-state index is 12.3. The third-order valence-electron chi connectivity index (χ3n) is 2.31. The highest BCUT2D eigenvalue weighted by Gasteiger charge is 2.18. The fraction of sp³-hybridized carbons (Fsp3) is 0. The summed E-state index contributed by atoms with van der Waals surface area (Å²) in [6.45, 7) is 0. The quantitative estimate of drug-likeness (QED) is 0.693. The summed E-state index contributed by atoms with van der Waals surface area (Å²) in [6, 6.07) is 6.30. The summed E-state index contributed by atoms with van der Waals surface area (Å²) < 4.78 is 29.0. The van der Waals surface area contributed by atoms with Crippen molar-refractivity contribution in [2.24, 2.45) is 0 Å². The van der Waals surface area contributed by atoms with E-state index < -0.39 is 10.0 Å². The molecule has 20 heavy (non-hydrogen) atoms. The number of benzene rings is 1. The van der Waals surface area contributed by atoms with Gasteiger partial charge in [0.25, 0.3) is 10.0 Å². The number of aromatic nitrogens is 1. The Morgan fingerprint density at radius 3 is 2.20 bits per heavy atom. The number of nitrogens with zero attached hydrogens (tertiary/aromatic N) is 1. The van der Waals surface area contributed by atoms with Crippen LogP contribution < -0.4 is 10.5 Å². The molecule has 0 bridgehead atoms. The van der Waals surface area contributed by atoms with Crippen LogP contribution in [0.25, 0.3) is 0 Å². The molecule has 1 heterocycles. The van der Waals surface area contributed by atoms with Crippen molar-refractivity contribution in [1.82, 2.24) is 4.98 Å². The number of rotatable bonds is 3. The van der Waals surface area contributed by atoms with Crippen LogP contribution in [0.4, 0.5) is 11.5 Å². The van der Waals surface area contributed by atoms with Gasteiger partial charge in [0.15, 0.2) is 0 Å². The van der Waals surface area contributed by atoms with E-state index in [0.717, 1.165) is 4.47 Å². The maximum atomic E-state index is 12.3. The molecular formula is C11H8Br3N3O2S. The normalized spacial score (nSPS) is 11.3. The zero-order valence-electron chi connectivity index (χ0n) is 9.77. The second kappa shape index (κ2) is 6.00. The predicted octanol–water partition coefficient (Wildman–Crippen LogP) is 3.75. The predicted molar refractivity (Wildman–Crippen MR) is 89.0 cm³/mol. The van der Waals surface area contributed by atoms with Crippen LogP contribution in [0.15, 0.2) is 48.8 Å². The highest BCUT2D eigenvalue weighted by atomic mass is 79.9. The van der Waals surface area contributed by atoms with Gasteiger partial charge in [0.2, 0.25) is 0 Å². The van der Waals surface area contributed by atoms with E-state index in [4.69, 9.17) is 5.73 Å². The second-order valence-electron chi connectivity index (χ2n) is 3.77. The first-order valence-corrected chi connectivity index (χ1v) is 9.05. The van der Waals surface area contributed by atoms with Gasteiger partial charge in [0.05, 0.1) is 5.69 Å². The number of nitrogen functional groups attached to an aromatic ring is 1. The van der Waals surface area contributed by atoms with Crippen molar-refractivity contribution in [2.75, 3.05) is 10.5 Å². The van der Waals surface area contributed by atoms with Gasteiger partial charge >= 0.3 is 0 Å². The van der Waals surface area contributed by atoms with E-state index in [2.05, 4.69) is 57.5 Å². The number of hydrogen-bond acceptors (Lipinski definition) is 4. The van der Waals surface area contributed by atoms with Crippen LogP contribution in [0, 0.1) is 0 Å². The third-order valence-corrected chi connectivity index (χ3v) is 5.36. The molecule has 0 spiro atoms. The molecule has 3 N–H and O–H groups in total. The average molecular weight is 486 g/mol. The Kier molecular flexibility index (Phi) is 4.73. The number of nitrogens with one attached hydrogen (secondary N) is 1. The molecule has 0 aliphatic rings. The number of sulfonamides is 1. The van der Waals surface area contributed by atoms with E-state index >= 15 is 0 Å². The number of hydrogen-bond donors (Lipinski definition) is 2. The van der Waals surface area contributed by atoms with Gasteiger partial charge in [-0.05, 0) is 56.1 Å². The van der Waals surface area contributed by atoms with Crippen molar-refractivity contribution in [3.63, 3.8) is 0 Å². The van der Waals surface area contributed by atoms with Gasteiger partial charge in [-0.2, -0.15) is 0 Å². The lowest BCUT2D eigenvalue weighted by Crippen LogP contribution is -2.14. The molecular weight excluding hydrogens is 478 g/mol. The van der Waals surface area contributed by atoms with E-state index in [9.17, 15) is 8.42 Å². The highest BCUT2D eigenvalue weighted by Crippen LogP contribution is 2.35. The molecule has 1 aromatic carbocycles. The van der Waals surface area contributed by atoms with Gasteiger partial charge < -0.3 is 5.73 Å². The lowest BCUT2D eigenvalue weighted by molar-refractivity contribution is 0.601. The minimum Gasteiger partial charge on any atom is -0.384 e. The largest absolute Gasteiger partial charge is 0.384 e.